The summed E-state index contributed by atoms with van der Waals surface area (Å²) in [6, 6.07) is 7.30. The lowest BCUT2D eigenvalue weighted by Crippen LogP contribution is -2.41. The molecule has 1 aromatic carbocycles. The van der Waals surface area contributed by atoms with Crippen LogP contribution < -0.4 is 0 Å². The van der Waals surface area contributed by atoms with Crippen molar-refractivity contribution >= 4 is 10.8 Å². The first-order chi connectivity index (χ1) is 17.9. The minimum absolute atomic E-state index is 0.0227. The highest BCUT2D eigenvalue weighted by atomic mass is 32.2. The zero-order chi connectivity index (χ0) is 27.8. The van der Waals surface area contributed by atoms with Crippen molar-refractivity contribution in [3.05, 3.63) is 71.4 Å². The second-order valence-corrected chi connectivity index (χ2v) is 11.8. The number of nitrogens with zero attached hydrogens (tertiary/aromatic N) is 7. The largest absolute Gasteiger partial charge is 0.252 e. The number of hydrogen-bond acceptors (Lipinski definition) is 7. The van der Waals surface area contributed by atoms with Gasteiger partial charge in [-0.15, -0.1) is 10.2 Å². The molecular formula is C27H31F2N7OS. The Morgan fingerprint density at radius 1 is 1.05 bits per heavy atom. The van der Waals surface area contributed by atoms with Gasteiger partial charge >= 0.3 is 0 Å². The van der Waals surface area contributed by atoms with Crippen LogP contribution in [-0.2, 0) is 16.2 Å². The van der Waals surface area contributed by atoms with Gasteiger partial charge in [0, 0.05) is 12.5 Å². The fourth-order valence-electron chi connectivity index (χ4n) is 4.33. The lowest BCUT2D eigenvalue weighted by Gasteiger charge is -2.42. The highest BCUT2D eigenvalue weighted by molar-refractivity contribution is 7.84. The van der Waals surface area contributed by atoms with Crippen molar-refractivity contribution in [2.24, 2.45) is 5.41 Å². The van der Waals surface area contributed by atoms with Gasteiger partial charge in [0.1, 0.15) is 18.0 Å². The predicted molar refractivity (Wildman–Crippen MR) is 141 cm³/mol. The summed E-state index contributed by atoms with van der Waals surface area (Å²) < 4.78 is 42.5. The summed E-state index contributed by atoms with van der Waals surface area (Å²) in [5.74, 6) is -1.09. The van der Waals surface area contributed by atoms with Gasteiger partial charge in [-0.25, -0.2) is 23.7 Å². The van der Waals surface area contributed by atoms with Crippen LogP contribution in [0.4, 0.5) is 8.78 Å². The number of rotatable bonds is 7. The molecule has 0 saturated heterocycles. The van der Waals surface area contributed by atoms with Crippen LogP contribution in [0.15, 0.2) is 48.0 Å². The first kappa shape index (κ1) is 27.6. The summed E-state index contributed by atoms with van der Waals surface area (Å²) in [7, 11) is -1.35. The smallest absolute Gasteiger partial charge is 0.251 e. The number of aromatic nitrogens is 7. The number of benzene rings is 1. The summed E-state index contributed by atoms with van der Waals surface area (Å²) in [6.07, 6.45) is 5.33. The van der Waals surface area contributed by atoms with Crippen molar-refractivity contribution in [2.45, 2.75) is 64.5 Å². The van der Waals surface area contributed by atoms with Crippen LogP contribution in [0.1, 0.15) is 70.8 Å². The maximum absolute atomic E-state index is 14.6. The average Bonchev–Trinajstić information content (AvgIpc) is 3.38. The first-order valence-electron chi connectivity index (χ1n) is 12.3. The fourth-order valence-corrected chi connectivity index (χ4v) is 4.73. The van der Waals surface area contributed by atoms with Crippen LogP contribution >= 0.6 is 0 Å². The van der Waals surface area contributed by atoms with E-state index in [9.17, 15) is 13.0 Å². The van der Waals surface area contributed by atoms with Crippen LogP contribution in [0.3, 0.4) is 0 Å². The first-order valence-corrected chi connectivity index (χ1v) is 13.9. The summed E-state index contributed by atoms with van der Waals surface area (Å²) in [4.78, 5) is 13.3. The third-order valence-electron chi connectivity index (χ3n) is 7.25. The summed E-state index contributed by atoms with van der Waals surface area (Å²) >= 11 is 0. The van der Waals surface area contributed by atoms with Crippen molar-refractivity contribution in [3.63, 3.8) is 0 Å². The maximum atomic E-state index is 14.6. The SMILES string of the molecule is CC[C@H](C)c1cc(-c2c(F)cccc2F)nnc1[C@](C)(c1ccnc(-n2cnc(S(C)=O)n2)n1)C(C)(C)C. The molecule has 0 bridgehead atoms. The van der Waals surface area contributed by atoms with Gasteiger partial charge in [-0.3, -0.25) is 4.21 Å². The normalized spacial score (nSPS) is 15.2. The van der Waals surface area contributed by atoms with E-state index >= 15 is 0 Å². The summed E-state index contributed by atoms with van der Waals surface area (Å²) in [6.45, 7) is 12.4. The van der Waals surface area contributed by atoms with Gasteiger partial charge in [0.15, 0.2) is 0 Å². The zero-order valence-electron chi connectivity index (χ0n) is 22.5. The highest BCUT2D eigenvalue weighted by Gasteiger charge is 2.46. The van der Waals surface area contributed by atoms with Crippen molar-refractivity contribution < 1.29 is 13.0 Å². The molecule has 3 aromatic heterocycles. The highest BCUT2D eigenvalue weighted by Crippen LogP contribution is 2.48. The minimum Gasteiger partial charge on any atom is -0.251 e. The third-order valence-corrected chi connectivity index (χ3v) is 7.95. The van der Waals surface area contributed by atoms with Gasteiger partial charge in [-0.2, -0.15) is 9.78 Å². The third kappa shape index (κ3) is 4.87. The lowest BCUT2D eigenvalue weighted by molar-refractivity contribution is 0.233. The van der Waals surface area contributed by atoms with E-state index in [1.54, 1.807) is 12.3 Å². The van der Waals surface area contributed by atoms with Crippen LogP contribution in [0.2, 0.25) is 0 Å². The van der Waals surface area contributed by atoms with E-state index in [2.05, 4.69) is 59.9 Å². The van der Waals surface area contributed by atoms with Crippen LogP contribution in [0, 0.1) is 17.0 Å². The molecule has 3 heterocycles. The Labute approximate surface area is 223 Å². The Bertz CT molecular complexity index is 1480. The Hall–Kier alpha value is -3.47. The Kier molecular flexibility index (Phi) is 7.51. The lowest BCUT2D eigenvalue weighted by atomic mass is 9.62. The van der Waals surface area contributed by atoms with Crippen LogP contribution in [0.5, 0.6) is 0 Å². The van der Waals surface area contributed by atoms with E-state index in [0.29, 0.717) is 11.4 Å². The molecule has 38 heavy (non-hydrogen) atoms. The van der Waals surface area contributed by atoms with Crippen LogP contribution in [-0.4, -0.2) is 45.4 Å². The van der Waals surface area contributed by atoms with Gasteiger partial charge in [0.25, 0.3) is 5.95 Å². The topological polar surface area (TPSA) is 99.3 Å². The molecule has 11 heteroatoms. The quantitative estimate of drug-likeness (QED) is 0.310. The van der Waals surface area contributed by atoms with Gasteiger partial charge < -0.3 is 0 Å². The van der Waals surface area contributed by atoms with E-state index in [1.807, 2.05) is 13.0 Å². The minimum atomic E-state index is -1.35. The molecule has 4 aromatic rings. The molecule has 200 valence electrons. The van der Waals surface area contributed by atoms with E-state index in [0.717, 1.165) is 12.0 Å². The van der Waals surface area contributed by atoms with E-state index in [4.69, 9.17) is 4.98 Å². The molecule has 0 aliphatic heterocycles. The molecule has 0 radical (unpaired) electrons. The molecule has 0 aliphatic rings. The molecule has 0 aliphatic carbocycles. The molecular weight excluding hydrogens is 508 g/mol. The second-order valence-electron chi connectivity index (χ2n) is 10.5. The molecule has 8 nitrogen and oxygen atoms in total. The van der Waals surface area contributed by atoms with E-state index in [-0.39, 0.29) is 28.3 Å². The Morgan fingerprint density at radius 3 is 2.32 bits per heavy atom. The summed E-state index contributed by atoms with van der Waals surface area (Å²) in [5.41, 5.74) is 0.891. The molecule has 1 unspecified atom stereocenters. The maximum Gasteiger partial charge on any atom is 0.252 e. The van der Waals surface area contributed by atoms with E-state index in [1.165, 1.54) is 35.5 Å². The van der Waals surface area contributed by atoms with E-state index < -0.39 is 33.3 Å². The standard InChI is InChI=1S/C27H31F2N7OS/c1-8-16(2)17-14-20(22-18(28)10-9-11-19(22)29)33-34-23(17)27(6,26(3,4)5)21-12-13-30-24(32-21)36-15-31-25(35-36)38(7)37/h9-16H,8H2,1-7H3/t16-,27-,38?/m0/s1. The number of halogens is 2. The van der Waals surface area contributed by atoms with Crippen LogP contribution in [0.25, 0.3) is 17.2 Å². The van der Waals surface area contributed by atoms with Gasteiger partial charge in [0.05, 0.1) is 38.9 Å². The zero-order valence-corrected chi connectivity index (χ0v) is 23.3. The summed E-state index contributed by atoms with van der Waals surface area (Å²) in [5, 5.41) is 13.4. The average molecular weight is 540 g/mol. The Morgan fingerprint density at radius 2 is 1.74 bits per heavy atom. The van der Waals surface area contributed by atoms with Gasteiger partial charge in [0.2, 0.25) is 5.16 Å². The van der Waals surface area contributed by atoms with Gasteiger partial charge in [-0.1, -0.05) is 40.7 Å². The molecule has 0 saturated carbocycles. The van der Waals surface area contributed by atoms with Crippen molar-refractivity contribution in [2.75, 3.05) is 6.26 Å². The van der Waals surface area contributed by atoms with Crippen molar-refractivity contribution in [1.82, 2.24) is 34.9 Å². The molecule has 4 rings (SSSR count). The fraction of sp³-hybridized carbons (Fsp3) is 0.407. The molecule has 3 atom stereocenters. The van der Waals surface area contributed by atoms with Gasteiger partial charge in [-0.05, 0) is 54.5 Å². The molecule has 0 amide bonds. The molecule has 0 fully saturated rings. The molecule has 0 N–H and O–H groups in total. The van der Waals surface area contributed by atoms with Crippen molar-refractivity contribution in [1.29, 1.82) is 0 Å². The van der Waals surface area contributed by atoms with Crippen molar-refractivity contribution in [3.8, 4) is 17.2 Å². The molecule has 0 spiro atoms. The monoisotopic (exact) mass is 539 g/mol. The number of hydrogen-bond donors (Lipinski definition) is 0. The second kappa shape index (κ2) is 10.4. The Balaban J connectivity index is 1.94. The predicted octanol–water partition coefficient (Wildman–Crippen LogP) is 5.40.